The van der Waals surface area contributed by atoms with Gasteiger partial charge < -0.3 is 15.0 Å². The fraction of sp³-hybridized carbons (Fsp3) is 0.381. The highest BCUT2D eigenvalue weighted by molar-refractivity contribution is 6.02. The van der Waals surface area contributed by atoms with E-state index in [1.54, 1.807) is 23.9 Å². The Kier molecular flexibility index (Phi) is 4.68. The summed E-state index contributed by atoms with van der Waals surface area (Å²) in [5.74, 6) is 0.676. The number of benzene rings is 1. The van der Waals surface area contributed by atoms with Crippen molar-refractivity contribution in [1.29, 1.82) is 0 Å². The Morgan fingerprint density at radius 1 is 1.26 bits per heavy atom. The van der Waals surface area contributed by atoms with Crippen LogP contribution in [0.25, 0.3) is 0 Å². The molecule has 2 atom stereocenters. The monoisotopic (exact) mass is 421 g/mol. The number of aromatic nitrogens is 5. The number of para-hydroxylation sites is 2. The van der Waals surface area contributed by atoms with Gasteiger partial charge in [-0.25, -0.2) is 9.67 Å². The molecule has 1 unspecified atom stereocenters. The van der Waals surface area contributed by atoms with E-state index in [4.69, 9.17) is 4.74 Å². The van der Waals surface area contributed by atoms with E-state index in [2.05, 4.69) is 20.5 Å². The molecule has 2 aliphatic heterocycles. The molecule has 0 bridgehead atoms. The molecule has 0 saturated carbocycles. The lowest BCUT2D eigenvalue weighted by atomic mass is 10.0. The summed E-state index contributed by atoms with van der Waals surface area (Å²) in [4.78, 5) is 31.8. The number of amides is 2. The lowest BCUT2D eigenvalue weighted by Crippen LogP contribution is -2.49. The SMILES string of the molecule is CN1C(=O)[C@@H](NC(=O)c2nc3n(n2)C(c2cnn(C)c2)CCC3)COc2ccccc21. The number of ether oxygens (including phenoxy) is 1. The molecule has 5 rings (SSSR count). The van der Waals surface area contributed by atoms with Crippen molar-refractivity contribution in [1.82, 2.24) is 29.9 Å². The Hall–Kier alpha value is -3.69. The maximum Gasteiger partial charge on any atom is 0.291 e. The number of nitrogens with one attached hydrogen (secondary N) is 1. The highest BCUT2D eigenvalue weighted by Crippen LogP contribution is 2.31. The van der Waals surface area contributed by atoms with E-state index in [1.165, 1.54) is 4.90 Å². The minimum absolute atomic E-state index is 0.00465. The molecule has 0 radical (unpaired) electrons. The van der Waals surface area contributed by atoms with Crippen LogP contribution in [0.3, 0.4) is 0 Å². The molecule has 2 aliphatic rings. The van der Waals surface area contributed by atoms with Gasteiger partial charge in [-0.1, -0.05) is 12.1 Å². The molecule has 0 saturated heterocycles. The standard InChI is InChI=1S/C21H23N7O3/c1-26-11-13(10-22-26)15-7-5-9-18-24-19(25-28(15)18)20(29)23-14-12-31-17-8-4-3-6-16(17)27(2)21(14)30/h3-4,6,8,10-11,14-15H,5,7,9,12H2,1-2H3,(H,23,29)/t14-,15?/m0/s1. The second-order valence-corrected chi connectivity index (χ2v) is 7.85. The van der Waals surface area contributed by atoms with E-state index in [0.29, 0.717) is 11.4 Å². The van der Waals surface area contributed by atoms with E-state index in [1.807, 2.05) is 36.3 Å². The maximum atomic E-state index is 12.9. The van der Waals surface area contributed by atoms with Crippen molar-refractivity contribution in [3.8, 4) is 5.75 Å². The van der Waals surface area contributed by atoms with Crippen LogP contribution in [0, 0.1) is 0 Å². The number of nitrogens with zero attached hydrogens (tertiary/aromatic N) is 6. The van der Waals surface area contributed by atoms with Gasteiger partial charge in [0.1, 0.15) is 24.2 Å². The summed E-state index contributed by atoms with van der Waals surface area (Å²) in [5.41, 5.74) is 1.70. The van der Waals surface area contributed by atoms with Crippen molar-refractivity contribution in [3.05, 3.63) is 53.9 Å². The Morgan fingerprint density at radius 3 is 2.90 bits per heavy atom. The number of aryl methyl sites for hydroxylation is 2. The molecule has 160 valence electrons. The average Bonchev–Trinajstić information content (AvgIpc) is 3.39. The molecule has 4 heterocycles. The third-order valence-electron chi connectivity index (χ3n) is 5.75. The number of likely N-dealkylation sites (N-methyl/N-ethyl adjacent to an activating group) is 1. The van der Waals surface area contributed by atoms with Crippen molar-refractivity contribution in [2.75, 3.05) is 18.6 Å². The van der Waals surface area contributed by atoms with Crippen LogP contribution in [0.2, 0.25) is 0 Å². The van der Waals surface area contributed by atoms with Crippen LogP contribution >= 0.6 is 0 Å². The first kappa shape index (κ1) is 19.3. The summed E-state index contributed by atoms with van der Waals surface area (Å²) in [6.07, 6.45) is 6.38. The van der Waals surface area contributed by atoms with Crippen molar-refractivity contribution < 1.29 is 14.3 Å². The largest absolute Gasteiger partial charge is 0.489 e. The van der Waals surface area contributed by atoms with Crippen LogP contribution in [0.1, 0.15) is 40.9 Å². The summed E-state index contributed by atoms with van der Waals surface area (Å²) < 4.78 is 9.32. The first-order valence-electron chi connectivity index (χ1n) is 10.3. The molecule has 1 aromatic carbocycles. The molecule has 10 nitrogen and oxygen atoms in total. The van der Waals surface area contributed by atoms with Crippen LogP contribution in [0.15, 0.2) is 36.7 Å². The number of carbonyl (C=O) groups is 2. The fourth-order valence-electron chi connectivity index (χ4n) is 4.15. The third-order valence-corrected chi connectivity index (χ3v) is 5.75. The highest BCUT2D eigenvalue weighted by atomic mass is 16.5. The molecule has 0 aliphatic carbocycles. The Morgan fingerprint density at radius 2 is 2.10 bits per heavy atom. The minimum Gasteiger partial charge on any atom is -0.489 e. The molecule has 3 aromatic rings. The van der Waals surface area contributed by atoms with Gasteiger partial charge in [-0.2, -0.15) is 5.10 Å². The molecule has 1 N–H and O–H groups in total. The second kappa shape index (κ2) is 7.53. The quantitative estimate of drug-likeness (QED) is 0.679. The maximum absolute atomic E-state index is 12.9. The van der Waals surface area contributed by atoms with Gasteiger partial charge in [0.05, 0.1) is 17.9 Å². The van der Waals surface area contributed by atoms with Crippen LogP contribution in [0.5, 0.6) is 5.75 Å². The summed E-state index contributed by atoms with van der Waals surface area (Å²) in [6, 6.07) is 6.44. The van der Waals surface area contributed by atoms with Gasteiger partial charge in [0.2, 0.25) is 5.82 Å². The topological polar surface area (TPSA) is 107 Å². The number of rotatable bonds is 3. The smallest absolute Gasteiger partial charge is 0.291 e. The number of carbonyl (C=O) groups excluding carboxylic acids is 2. The molecule has 2 aromatic heterocycles. The van der Waals surface area contributed by atoms with E-state index in [9.17, 15) is 9.59 Å². The second-order valence-electron chi connectivity index (χ2n) is 7.85. The average molecular weight is 421 g/mol. The summed E-state index contributed by atoms with van der Waals surface area (Å²) in [7, 11) is 3.54. The van der Waals surface area contributed by atoms with Crippen LogP contribution in [-0.4, -0.2) is 56.1 Å². The molecular weight excluding hydrogens is 398 g/mol. The molecule has 2 amide bonds. The summed E-state index contributed by atoms with van der Waals surface area (Å²) >= 11 is 0. The molecule has 0 spiro atoms. The van der Waals surface area contributed by atoms with Gasteiger partial charge >= 0.3 is 0 Å². The fourth-order valence-corrected chi connectivity index (χ4v) is 4.15. The van der Waals surface area contributed by atoms with Crippen LogP contribution < -0.4 is 15.0 Å². The van der Waals surface area contributed by atoms with E-state index in [0.717, 1.165) is 30.7 Å². The van der Waals surface area contributed by atoms with Gasteiger partial charge in [-0.15, -0.1) is 5.10 Å². The van der Waals surface area contributed by atoms with Crippen LogP contribution in [-0.2, 0) is 18.3 Å². The Bertz CT molecular complexity index is 1150. The van der Waals surface area contributed by atoms with Crippen molar-refractivity contribution in [2.45, 2.75) is 31.3 Å². The minimum atomic E-state index is -0.834. The molecule has 10 heteroatoms. The predicted octanol–water partition coefficient (Wildman–Crippen LogP) is 1.09. The molecule has 31 heavy (non-hydrogen) atoms. The highest BCUT2D eigenvalue weighted by Gasteiger charge is 2.33. The zero-order valence-corrected chi connectivity index (χ0v) is 17.4. The molecular formula is C21H23N7O3. The zero-order chi connectivity index (χ0) is 21.5. The first-order valence-corrected chi connectivity index (χ1v) is 10.3. The van der Waals surface area contributed by atoms with Crippen molar-refractivity contribution in [3.63, 3.8) is 0 Å². The van der Waals surface area contributed by atoms with E-state index < -0.39 is 11.9 Å². The van der Waals surface area contributed by atoms with E-state index >= 15 is 0 Å². The lowest BCUT2D eigenvalue weighted by molar-refractivity contribution is -0.120. The van der Waals surface area contributed by atoms with Gasteiger partial charge in [-0.05, 0) is 25.0 Å². The zero-order valence-electron chi connectivity index (χ0n) is 17.4. The number of hydrogen-bond acceptors (Lipinski definition) is 6. The van der Waals surface area contributed by atoms with Crippen molar-refractivity contribution >= 4 is 17.5 Å². The normalized spacial score (nSPS) is 20.5. The van der Waals surface area contributed by atoms with Crippen LogP contribution in [0.4, 0.5) is 5.69 Å². The van der Waals surface area contributed by atoms with Gasteiger partial charge in [-0.3, -0.25) is 14.3 Å². The first-order chi connectivity index (χ1) is 15.0. The van der Waals surface area contributed by atoms with Gasteiger partial charge in [0.25, 0.3) is 11.8 Å². The Balaban J connectivity index is 1.36. The van der Waals surface area contributed by atoms with Gasteiger partial charge in [0, 0.05) is 32.3 Å². The lowest BCUT2D eigenvalue weighted by Gasteiger charge is -2.22. The van der Waals surface area contributed by atoms with Crippen molar-refractivity contribution in [2.24, 2.45) is 7.05 Å². The summed E-state index contributed by atoms with van der Waals surface area (Å²) in [6.45, 7) is 0.0395. The third kappa shape index (κ3) is 3.43. The van der Waals surface area contributed by atoms with E-state index in [-0.39, 0.29) is 24.4 Å². The van der Waals surface area contributed by atoms with Gasteiger partial charge in [0.15, 0.2) is 0 Å². The Labute approximate surface area is 178 Å². The molecule has 0 fully saturated rings. The number of hydrogen-bond donors (Lipinski definition) is 1. The summed E-state index contributed by atoms with van der Waals surface area (Å²) in [5, 5.41) is 11.5. The number of fused-ring (bicyclic) bond motifs is 2. The number of anilines is 1. The predicted molar refractivity (Wildman–Crippen MR) is 111 cm³/mol.